The average molecular weight is 279 g/mol. The summed E-state index contributed by atoms with van der Waals surface area (Å²) in [5.74, 6) is -0.195. The SMILES string of the molecule is CCOc1cc(C)nc(NCc2cc(F)ccc2F)n1. The van der Waals surface area contributed by atoms with Gasteiger partial charge in [-0.15, -0.1) is 0 Å². The predicted molar refractivity (Wildman–Crippen MR) is 71.6 cm³/mol. The van der Waals surface area contributed by atoms with E-state index in [1.54, 1.807) is 13.0 Å². The van der Waals surface area contributed by atoms with Crippen LogP contribution in [0, 0.1) is 18.6 Å². The van der Waals surface area contributed by atoms with Gasteiger partial charge in [0.1, 0.15) is 11.6 Å². The van der Waals surface area contributed by atoms with Crippen molar-refractivity contribution < 1.29 is 13.5 Å². The number of aromatic nitrogens is 2. The number of benzene rings is 1. The molecule has 0 amide bonds. The molecule has 0 aliphatic rings. The summed E-state index contributed by atoms with van der Waals surface area (Å²) in [5.41, 5.74) is 0.943. The van der Waals surface area contributed by atoms with Gasteiger partial charge in [-0.05, 0) is 32.0 Å². The van der Waals surface area contributed by atoms with E-state index in [1.165, 1.54) is 0 Å². The normalized spacial score (nSPS) is 10.4. The summed E-state index contributed by atoms with van der Waals surface area (Å²) in [4.78, 5) is 8.29. The maximum Gasteiger partial charge on any atom is 0.226 e. The lowest BCUT2D eigenvalue weighted by Crippen LogP contribution is -2.07. The minimum absolute atomic E-state index is 0.0958. The van der Waals surface area contributed by atoms with Crippen molar-refractivity contribution in [2.24, 2.45) is 0 Å². The molecule has 0 radical (unpaired) electrons. The first-order valence-electron chi connectivity index (χ1n) is 6.24. The van der Waals surface area contributed by atoms with Crippen molar-refractivity contribution in [2.75, 3.05) is 11.9 Å². The second-order valence-electron chi connectivity index (χ2n) is 4.19. The third kappa shape index (κ3) is 3.63. The van der Waals surface area contributed by atoms with Crippen molar-refractivity contribution in [3.63, 3.8) is 0 Å². The van der Waals surface area contributed by atoms with Gasteiger partial charge in [-0.25, -0.2) is 13.8 Å². The lowest BCUT2D eigenvalue weighted by atomic mass is 10.2. The molecular weight excluding hydrogens is 264 g/mol. The molecule has 1 aromatic carbocycles. The van der Waals surface area contributed by atoms with E-state index in [-0.39, 0.29) is 12.1 Å². The molecule has 6 heteroatoms. The van der Waals surface area contributed by atoms with Crippen LogP contribution in [0.2, 0.25) is 0 Å². The molecule has 1 N–H and O–H groups in total. The average Bonchev–Trinajstić information content (AvgIpc) is 2.40. The Balaban J connectivity index is 2.12. The fourth-order valence-electron chi connectivity index (χ4n) is 1.69. The first-order chi connectivity index (χ1) is 9.58. The van der Waals surface area contributed by atoms with Crippen LogP contribution in [-0.2, 0) is 6.54 Å². The molecule has 2 rings (SSSR count). The largest absolute Gasteiger partial charge is 0.478 e. The molecule has 4 nitrogen and oxygen atoms in total. The Kier molecular flexibility index (Phi) is 4.45. The quantitative estimate of drug-likeness (QED) is 0.913. The molecule has 0 saturated carbocycles. The Labute approximate surface area is 115 Å². The molecule has 1 aromatic heterocycles. The van der Waals surface area contributed by atoms with Gasteiger partial charge in [0.15, 0.2) is 0 Å². The van der Waals surface area contributed by atoms with Crippen LogP contribution in [0.25, 0.3) is 0 Å². The highest BCUT2D eigenvalue weighted by molar-refractivity contribution is 5.32. The van der Waals surface area contributed by atoms with Gasteiger partial charge in [-0.2, -0.15) is 4.98 Å². The van der Waals surface area contributed by atoms with Crippen LogP contribution in [0.1, 0.15) is 18.2 Å². The predicted octanol–water partition coefficient (Wildman–Crippen LogP) is 3.07. The first kappa shape index (κ1) is 14.2. The summed E-state index contributed by atoms with van der Waals surface area (Å²) in [6, 6.07) is 5.02. The molecule has 0 bridgehead atoms. The zero-order valence-corrected chi connectivity index (χ0v) is 11.3. The van der Waals surface area contributed by atoms with Crippen LogP contribution in [0.4, 0.5) is 14.7 Å². The highest BCUT2D eigenvalue weighted by Gasteiger charge is 2.06. The van der Waals surface area contributed by atoms with Crippen molar-refractivity contribution in [2.45, 2.75) is 20.4 Å². The Bertz CT molecular complexity index is 605. The van der Waals surface area contributed by atoms with Gasteiger partial charge in [-0.3, -0.25) is 0 Å². The fourth-order valence-corrected chi connectivity index (χ4v) is 1.69. The van der Waals surface area contributed by atoms with Crippen LogP contribution in [0.3, 0.4) is 0 Å². The molecule has 1 heterocycles. The highest BCUT2D eigenvalue weighted by atomic mass is 19.1. The second-order valence-corrected chi connectivity index (χ2v) is 4.19. The van der Waals surface area contributed by atoms with Crippen molar-refractivity contribution >= 4 is 5.95 Å². The Hall–Kier alpha value is -2.24. The molecule has 0 saturated heterocycles. The standard InChI is InChI=1S/C14H15F2N3O/c1-3-20-13-6-9(2)18-14(19-13)17-8-10-7-11(15)4-5-12(10)16/h4-7H,3,8H2,1-2H3,(H,17,18,19). The minimum Gasteiger partial charge on any atom is -0.478 e. The summed E-state index contributed by atoms with van der Waals surface area (Å²) in [7, 11) is 0. The topological polar surface area (TPSA) is 47.0 Å². The zero-order valence-electron chi connectivity index (χ0n) is 11.3. The first-order valence-corrected chi connectivity index (χ1v) is 6.24. The molecule has 0 aliphatic carbocycles. The summed E-state index contributed by atoms with van der Waals surface area (Å²) in [5, 5.41) is 2.86. The van der Waals surface area contributed by atoms with Gasteiger partial charge in [-0.1, -0.05) is 0 Å². The zero-order chi connectivity index (χ0) is 14.5. The van der Waals surface area contributed by atoms with E-state index in [9.17, 15) is 8.78 Å². The molecule has 0 spiro atoms. The Morgan fingerprint density at radius 3 is 2.75 bits per heavy atom. The van der Waals surface area contributed by atoms with E-state index in [2.05, 4.69) is 15.3 Å². The number of anilines is 1. The Morgan fingerprint density at radius 1 is 1.20 bits per heavy atom. The van der Waals surface area contributed by atoms with E-state index < -0.39 is 11.6 Å². The van der Waals surface area contributed by atoms with Gasteiger partial charge in [0, 0.05) is 23.9 Å². The van der Waals surface area contributed by atoms with Crippen molar-refractivity contribution in [1.82, 2.24) is 9.97 Å². The van der Waals surface area contributed by atoms with Crippen LogP contribution in [-0.4, -0.2) is 16.6 Å². The summed E-state index contributed by atoms with van der Waals surface area (Å²) < 4.78 is 31.8. The number of rotatable bonds is 5. The summed E-state index contributed by atoms with van der Waals surface area (Å²) in [6.45, 7) is 4.25. The van der Waals surface area contributed by atoms with Crippen LogP contribution in [0.5, 0.6) is 5.88 Å². The molecule has 20 heavy (non-hydrogen) atoms. The second kappa shape index (κ2) is 6.27. The van der Waals surface area contributed by atoms with Crippen LogP contribution in [0.15, 0.2) is 24.3 Å². The molecule has 0 fully saturated rings. The van der Waals surface area contributed by atoms with Gasteiger partial charge in [0.05, 0.1) is 6.61 Å². The number of aryl methyl sites for hydroxylation is 1. The number of hydrogen-bond acceptors (Lipinski definition) is 4. The fraction of sp³-hybridized carbons (Fsp3) is 0.286. The third-order valence-electron chi connectivity index (χ3n) is 2.57. The molecule has 2 aromatic rings. The van der Waals surface area contributed by atoms with Crippen LogP contribution >= 0.6 is 0 Å². The van der Waals surface area contributed by atoms with Gasteiger partial charge in [0.25, 0.3) is 0 Å². The lowest BCUT2D eigenvalue weighted by molar-refractivity contribution is 0.326. The van der Waals surface area contributed by atoms with E-state index in [1.807, 2.05) is 6.92 Å². The molecule has 0 unspecified atom stereocenters. The number of nitrogens with zero attached hydrogens (tertiary/aromatic N) is 2. The smallest absolute Gasteiger partial charge is 0.226 e. The van der Waals surface area contributed by atoms with Crippen molar-refractivity contribution in [1.29, 1.82) is 0 Å². The van der Waals surface area contributed by atoms with Crippen molar-refractivity contribution in [3.8, 4) is 5.88 Å². The number of ether oxygens (including phenoxy) is 1. The van der Waals surface area contributed by atoms with E-state index in [0.717, 1.165) is 23.9 Å². The lowest BCUT2D eigenvalue weighted by Gasteiger charge is -2.09. The summed E-state index contributed by atoms with van der Waals surface area (Å²) in [6.07, 6.45) is 0. The maximum atomic E-state index is 13.5. The van der Waals surface area contributed by atoms with Gasteiger partial charge >= 0.3 is 0 Å². The third-order valence-corrected chi connectivity index (χ3v) is 2.57. The van der Waals surface area contributed by atoms with Crippen molar-refractivity contribution in [3.05, 3.63) is 47.2 Å². The molecule has 0 aliphatic heterocycles. The van der Waals surface area contributed by atoms with Gasteiger partial charge < -0.3 is 10.1 Å². The number of hydrogen-bond donors (Lipinski definition) is 1. The van der Waals surface area contributed by atoms with Crippen LogP contribution < -0.4 is 10.1 Å². The summed E-state index contributed by atoms with van der Waals surface area (Å²) >= 11 is 0. The Morgan fingerprint density at radius 2 is 2.00 bits per heavy atom. The van der Waals surface area contributed by atoms with Gasteiger partial charge in [0.2, 0.25) is 11.8 Å². The minimum atomic E-state index is -0.483. The number of nitrogens with one attached hydrogen (secondary N) is 1. The van der Waals surface area contributed by atoms with E-state index in [0.29, 0.717) is 18.4 Å². The van der Waals surface area contributed by atoms with E-state index in [4.69, 9.17) is 4.74 Å². The highest BCUT2D eigenvalue weighted by Crippen LogP contribution is 2.14. The number of halogens is 2. The molecular formula is C14H15F2N3O. The monoisotopic (exact) mass is 279 g/mol. The maximum absolute atomic E-state index is 13.5. The van der Waals surface area contributed by atoms with E-state index >= 15 is 0 Å². The molecule has 106 valence electrons. The molecule has 0 atom stereocenters.